The second-order valence-corrected chi connectivity index (χ2v) is 13.1. The van der Waals surface area contributed by atoms with Crippen LogP contribution in [0.4, 0.5) is 0 Å². The molecular formula is C47H31N3O. The molecule has 10 rings (SSSR count). The van der Waals surface area contributed by atoms with E-state index < -0.39 is 0 Å². The van der Waals surface area contributed by atoms with Crippen LogP contribution < -0.4 is 0 Å². The molecule has 4 heteroatoms. The third-order valence-corrected chi connectivity index (χ3v) is 9.99. The van der Waals surface area contributed by atoms with Crippen LogP contribution in [0.25, 0.3) is 94.1 Å². The normalized spacial score (nSPS) is 13.0. The molecule has 240 valence electrons. The Morgan fingerprint density at radius 2 is 1.14 bits per heavy atom. The Morgan fingerprint density at radius 3 is 1.94 bits per heavy atom. The van der Waals surface area contributed by atoms with Crippen LogP contribution in [0, 0.1) is 0 Å². The van der Waals surface area contributed by atoms with E-state index in [-0.39, 0.29) is 0 Å². The molecule has 0 unspecified atom stereocenters. The Bertz CT molecular complexity index is 2840. The maximum absolute atomic E-state index is 6.85. The number of furan rings is 1. The number of allylic oxidation sites excluding steroid dienone is 4. The number of nitrogens with zero attached hydrogens (tertiary/aromatic N) is 3. The van der Waals surface area contributed by atoms with Gasteiger partial charge in [-0.1, -0.05) is 140 Å². The third-order valence-electron chi connectivity index (χ3n) is 9.99. The predicted molar refractivity (Wildman–Crippen MR) is 210 cm³/mol. The quantitative estimate of drug-likeness (QED) is 0.185. The molecule has 0 saturated heterocycles. The third kappa shape index (κ3) is 5.12. The fourth-order valence-corrected chi connectivity index (χ4v) is 7.43. The first-order chi connectivity index (χ1) is 25.3. The van der Waals surface area contributed by atoms with Crippen molar-refractivity contribution in [3.05, 3.63) is 170 Å². The summed E-state index contributed by atoms with van der Waals surface area (Å²) in [6, 6.07) is 51.2. The fraction of sp³-hybridized carbons (Fsp3) is 0.0426. The molecule has 0 atom stereocenters. The summed E-state index contributed by atoms with van der Waals surface area (Å²) in [6.45, 7) is 0. The molecule has 0 bridgehead atoms. The van der Waals surface area contributed by atoms with Crippen LogP contribution in [0.5, 0.6) is 0 Å². The highest BCUT2D eigenvalue weighted by molar-refractivity contribution is 6.18. The highest BCUT2D eigenvalue weighted by atomic mass is 16.3. The van der Waals surface area contributed by atoms with Crippen molar-refractivity contribution >= 4 is 49.1 Å². The Hall–Kier alpha value is -6.65. The van der Waals surface area contributed by atoms with Crippen LogP contribution in [0.2, 0.25) is 0 Å². The minimum Gasteiger partial charge on any atom is -0.455 e. The molecule has 1 aliphatic carbocycles. The van der Waals surface area contributed by atoms with Gasteiger partial charge in [-0.15, -0.1) is 0 Å². The van der Waals surface area contributed by atoms with Crippen molar-refractivity contribution in [3.8, 4) is 45.0 Å². The first kappa shape index (κ1) is 29.3. The number of aromatic nitrogens is 3. The van der Waals surface area contributed by atoms with E-state index in [2.05, 4.69) is 146 Å². The fourth-order valence-electron chi connectivity index (χ4n) is 7.43. The van der Waals surface area contributed by atoms with E-state index in [0.29, 0.717) is 17.5 Å². The summed E-state index contributed by atoms with van der Waals surface area (Å²) in [7, 11) is 0. The van der Waals surface area contributed by atoms with Gasteiger partial charge in [0.15, 0.2) is 17.5 Å². The van der Waals surface area contributed by atoms with Gasteiger partial charge in [-0.2, -0.15) is 0 Å². The van der Waals surface area contributed by atoms with Crippen LogP contribution in [0.1, 0.15) is 18.7 Å². The minimum atomic E-state index is 0.632. The van der Waals surface area contributed by atoms with E-state index in [9.17, 15) is 0 Å². The molecule has 51 heavy (non-hydrogen) atoms. The zero-order valence-electron chi connectivity index (χ0n) is 27.8. The largest absolute Gasteiger partial charge is 0.455 e. The van der Waals surface area contributed by atoms with Gasteiger partial charge in [0.1, 0.15) is 11.2 Å². The Balaban J connectivity index is 1.20. The van der Waals surface area contributed by atoms with Crippen molar-refractivity contribution in [1.29, 1.82) is 0 Å². The molecule has 0 amide bonds. The van der Waals surface area contributed by atoms with Gasteiger partial charge < -0.3 is 4.42 Å². The van der Waals surface area contributed by atoms with Crippen LogP contribution >= 0.6 is 0 Å². The van der Waals surface area contributed by atoms with Crippen LogP contribution in [-0.2, 0) is 0 Å². The number of hydrogen-bond acceptors (Lipinski definition) is 4. The van der Waals surface area contributed by atoms with Crippen molar-refractivity contribution in [1.82, 2.24) is 15.0 Å². The smallest absolute Gasteiger partial charge is 0.164 e. The maximum Gasteiger partial charge on any atom is 0.164 e. The van der Waals surface area contributed by atoms with Gasteiger partial charge in [-0.3, -0.25) is 0 Å². The van der Waals surface area contributed by atoms with Crippen LogP contribution in [0.3, 0.4) is 0 Å². The van der Waals surface area contributed by atoms with Gasteiger partial charge in [-0.25, -0.2) is 15.0 Å². The summed E-state index contributed by atoms with van der Waals surface area (Å²) >= 11 is 0. The first-order valence-electron chi connectivity index (χ1n) is 17.4. The van der Waals surface area contributed by atoms with Gasteiger partial charge >= 0.3 is 0 Å². The first-order valence-corrected chi connectivity index (χ1v) is 17.4. The van der Waals surface area contributed by atoms with Gasteiger partial charge in [0, 0.05) is 27.5 Å². The van der Waals surface area contributed by atoms with Crippen LogP contribution in [0.15, 0.2) is 168 Å². The lowest BCUT2D eigenvalue weighted by atomic mass is 9.94. The average molecular weight is 654 g/mol. The van der Waals surface area contributed by atoms with E-state index in [1.165, 1.54) is 21.9 Å². The molecule has 0 N–H and O–H groups in total. The summed E-state index contributed by atoms with van der Waals surface area (Å²) in [5.41, 5.74) is 9.15. The monoisotopic (exact) mass is 653 g/mol. The van der Waals surface area contributed by atoms with Crippen molar-refractivity contribution in [2.45, 2.75) is 12.8 Å². The summed E-state index contributed by atoms with van der Waals surface area (Å²) < 4.78 is 6.85. The average Bonchev–Trinajstić information content (AvgIpc) is 3.58. The summed E-state index contributed by atoms with van der Waals surface area (Å²) in [4.78, 5) is 15.3. The standard InChI is InChI=1S/C47H31N3O/c1-3-13-33(14-4-1)45-48-46(34-15-5-2-6-16-34)50-47(49-45)40-27-26-39(44-43(40)41-28-35-17-7-8-18-36(35)29-42(41)51-44)32-24-22-31(23-25-32)38-21-11-19-30-12-9-10-20-37(30)38/h1-5,7-15,17-29H,6,16H2. The van der Waals surface area contributed by atoms with Gasteiger partial charge in [0.05, 0.1) is 0 Å². The summed E-state index contributed by atoms with van der Waals surface area (Å²) in [5.74, 6) is 2.00. The Kier molecular flexibility index (Phi) is 6.91. The second kappa shape index (κ2) is 12.0. The van der Waals surface area contributed by atoms with E-state index in [1.807, 2.05) is 18.2 Å². The Morgan fingerprint density at radius 1 is 0.471 bits per heavy atom. The topological polar surface area (TPSA) is 51.8 Å². The minimum absolute atomic E-state index is 0.632. The van der Waals surface area contributed by atoms with Gasteiger partial charge in [0.2, 0.25) is 0 Å². The zero-order chi connectivity index (χ0) is 33.7. The lowest BCUT2D eigenvalue weighted by Gasteiger charge is -2.13. The lowest BCUT2D eigenvalue weighted by Crippen LogP contribution is -2.04. The number of rotatable bonds is 5. The molecule has 9 aromatic rings. The molecule has 0 fully saturated rings. The van der Waals surface area contributed by atoms with Crippen LogP contribution in [-0.4, -0.2) is 15.0 Å². The highest BCUT2D eigenvalue weighted by Gasteiger charge is 2.22. The summed E-state index contributed by atoms with van der Waals surface area (Å²) in [6.07, 6.45) is 8.25. The van der Waals surface area contributed by atoms with E-state index >= 15 is 0 Å². The van der Waals surface area contributed by atoms with Gasteiger partial charge in [-0.05, 0) is 80.9 Å². The summed E-state index contributed by atoms with van der Waals surface area (Å²) in [5, 5.41) is 6.81. The zero-order valence-corrected chi connectivity index (χ0v) is 27.8. The predicted octanol–water partition coefficient (Wildman–Crippen LogP) is 12.5. The Labute approximate surface area is 295 Å². The lowest BCUT2D eigenvalue weighted by molar-refractivity contribution is 0.670. The number of fused-ring (bicyclic) bond motifs is 5. The molecule has 4 nitrogen and oxygen atoms in total. The molecule has 1 aliphatic rings. The number of benzene rings is 7. The van der Waals surface area contributed by atoms with Gasteiger partial charge in [0.25, 0.3) is 0 Å². The number of hydrogen-bond donors (Lipinski definition) is 0. The molecular weight excluding hydrogens is 623 g/mol. The SMILES string of the molecule is C1=CCCC(c2nc(-c3ccccc3)nc(-c3ccc(-c4ccc(-c5cccc6ccccc56)cc4)c4oc5cc6ccccc6cc5c34)n2)=C1. The molecule has 7 aromatic carbocycles. The van der Waals surface area contributed by atoms with Crippen molar-refractivity contribution < 1.29 is 4.42 Å². The second-order valence-electron chi connectivity index (χ2n) is 13.1. The highest BCUT2D eigenvalue weighted by Crippen LogP contribution is 2.43. The molecule has 0 saturated carbocycles. The van der Waals surface area contributed by atoms with E-state index in [4.69, 9.17) is 19.4 Å². The molecule has 2 aromatic heterocycles. The van der Waals surface area contributed by atoms with E-state index in [0.717, 1.165) is 73.4 Å². The molecule has 0 spiro atoms. The molecule has 0 radical (unpaired) electrons. The van der Waals surface area contributed by atoms with Crippen molar-refractivity contribution in [2.24, 2.45) is 0 Å². The van der Waals surface area contributed by atoms with Crippen molar-refractivity contribution in [2.75, 3.05) is 0 Å². The molecule has 2 heterocycles. The van der Waals surface area contributed by atoms with Crippen molar-refractivity contribution in [3.63, 3.8) is 0 Å². The maximum atomic E-state index is 6.85. The van der Waals surface area contributed by atoms with E-state index in [1.54, 1.807) is 0 Å². The molecule has 0 aliphatic heterocycles.